The summed E-state index contributed by atoms with van der Waals surface area (Å²) in [7, 11) is 0. The molecule has 0 N–H and O–H groups in total. The molecule has 122 valence electrons. The maximum atomic E-state index is 12.8. The van der Waals surface area contributed by atoms with Crippen molar-refractivity contribution >= 4 is 22.9 Å². The maximum absolute atomic E-state index is 12.8. The largest absolute Gasteiger partial charge is 0.416 e. The standard InChI is InChI=1S/C17H16F3NOS/c18-17(19,20)14-4-5-15-13(10-14)2-1-8-21(15)16(22)6-3-12-7-9-23-11-12/h4-5,7,9-11H,1-3,6,8H2. The van der Waals surface area contributed by atoms with Gasteiger partial charge in [0.15, 0.2) is 0 Å². The number of thiophene rings is 1. The molecule has 0 fully saturated rings. The molecule has 0 radical (unpaired) electrons. The van der Waals surface area contributed by atoms with E-state index in [1.54, 1.807) is 16.2 Å². The van der Waals surface area contributed by atoms with E-state index in [4.69, 9.17) is 0 Å². The Morgan fingerprint density at radius 2 is 2.09 bits per heavy atom. The van der Waals surface area contributed by atoms with Gasteiger partial charge in [0.25, 0.3) is 0 Å². The summed E-state index contributed by atoms with van der Waals surface area (Å²) in [6, 6.07) is 5.65. The van der Waals surface area contributed by atoms with Crippen molar-refractivity contribution in [3.8, 4) is 0 Å². The van der Waals surface area contributed by atoms with E-state index in [-0.39, 0.29) is 5.91 Å². The van der Waals surface area contributed by atoms with E-state index < -0.39 is 11.7 Å². The smallest absolute Gasteiger partial charge is 0.312 e. The van der Waals surface area contributed by atoms with Crippen molar-refractivity contribution in [3.63, 3.8) is 0 Å². The Labute approximate surface area is 136 Å². The van der Waals surface area contributed by atoms with Crippen LogP contribution < -0.4 is 4.90 Å². The first-order valence-corrected chi connectivity index (χ1v) is 8.41. The van der Waals surface area contributed by atoms with Gasteiger partial charge >= 0.3 is 6.18 Å². The van der Waals surface area contributed by atoms with Crippen LogP contribution in [0.5, 0.6) is 0 Å². The minimum Gasteiger partial charge on any atom is -0.312 e. The maximum Gasteiger partial charge on any atom is 0.416 e. The molecule has 0 unspecified atom stereocenters. The lowest BCUT2D eigenvalue weighted by atomic mass is 9.98. The molecule has 1 aromatic carbocycles. The fourth-order valence-electron chi connectivity index (χ4n) is 2.85. The van der Waals surface area contributed by atoms with Gasteiger partial charge in [0.2, 0.25) is 5.91 Å². The number of rotatable bonds is 3. The highest BCUT2D eigenvalue weighted by atomic mass is 32.1. The van der Waals surface area contributed by atoms with Gasteiger partial charge in [-0.25, -0.2) is 0 Å². The van der Waals surface area contributed by atoms with Crippen LogP contribution in [0.25, 0.3) is 0 Å². The summed E-state index contributed by atoms with van der Waals surface area (Å²) < 4.78 is 38.4. The van der Waals surface area contributed by atoms with Crippen molar-refractivity contribution in [1.29, 1.82) is 0 Å². The van der Waals surface area contributed by atoms with E-state index in [9.17, 15) is 18.0 Å². The van der Waals surface area contributed by atoms with Crippen LogP contribution in [0.1, 0.15) is 29.5 Å². The Morgan fingerprint density at radius 1 is 1.26 bits per heavy atom. The second-order valence-corrected chi connectivity index (χ2v) is 6.40. The Hall–Kier alpha value is -1.82. The van der Waals surface area contributed by atoms with Crippen LogP contribution in [0.15, 0.2) is 35.0 Å². The molecule has 0 saturated carbocycles. The van der Waals surface area contributed by atoms with Crippen LogP contribution in [-0.4, -0.2) is 12.5 Å². The summed E-state index contributed by atoms with van der Waals surface area (Å²) in [4.78, 5) is 14.1. The van der Waals surface area contributed by atoms with Crippen molar-refractivity contribution in [1.82, 2.24) is 0 Å². The van der Waals surface area contributed by atoms with Crippen molar-refractivity contribution < 1.29 is 18.0 Å². The van der Waals surface area contributed by atoms with Gasteiger partial charge in [0.05, 0.1) is 5.56 Å². The van der Waals surface area contributed by atoms with Crippen LogP contribution in [-0.2, 0) is 23.8 Å². The predicted octanol–water partition coefficient (Wildman–Crippen LogP) is 4.68. The number of hydrogen-bond donors (Lipinski definition) is 0. The lowest BCUT2D eigenvalue weighted by molar-refractivity contribution is -0.137. The van der Waals surface area contributed by atoms with Crippen molar-refractivity contribution in [2.45, 2.75) is 31.9 Å². The molecule has 1 aliphatic rings. The number of alkyl halides is 3. The van der Waals surface area contributed by atoms with Gasteiger partial charge in [-0.05, 0) is 65.4 Å². The number of anilines is 1. The number of carbonyl (C=O) groups excluding carboxylic acids is 1. The van der Waals surface area contributed by atoms with Gasteiger partial charge in [0, 0.05) is 18.7 Å². The van der Waals surface area contributed by atoms with Crippen LogP contribution in [0.2, 0.25) is 0 Å². The molecule has 2 aromatic rings. The van der Waals surface area contributed by atoms with E-state index in [0.717, 1.165) is 11.6 Å². The van der Waals surface area contributed by atoms with Gasteiger partial charge in [-0.2, -0.15) is 24.5 Å². The molecule has 23 heavy (non-hydrogen) atoms. The number of fused-ring (bicyclic) bond motifs is 1. The van der Waals surface area contributed by atoms with E-state index in [2.05, 4.69) is 0 Å². The number of amides is 1. The topological polar surface area (TPSA) is 20.3 Å². The molecule has 1 amide bonds. The summed E-state index contributed by atoms with van der Waals surface area (Å²) in [6.07, 6.45) is -2.04. The number of carbonyl (C=O) groups is 1. The fourth-order valence-corrected chi connectivity index (χ4v) is 3.56. The third-order valence-electron chi connectivity index (χ3n) is 4.03. The van der Waals surface area contributed by atoms with Crippen LogP contribution >= 0.6 is 11.3 Å². The molecule has 0 bridgehead atoms. The zero-order chi connectivity index (χ0) is 16.4. The first-order valence-electron chi connectivity index (χ1n) is 7.47. The van der Waals surface area contributed by atoms with Gasteiger partial charge < -0.3 is 4.90 Å². The highest BCUT2D eigenvalue weighted by Crippen LogP contribution is 2.35. The zero-order valence-corrected chi connectivity index (χ0v) is 13.2. The van der Waals surface area contributed by atoms with E-state index in [1.165, 1.54) is 12.1 Å². The molecular formula is C17H16F3NOS. The Kier molecular flexibility index (Phi) is 4.43. The molecule has 2 heterocycles. The lowest BCUT2D eigenvalue weighted by Crippen LogP contribution is -2.35. The fraction of sp³-hybridized carbons (Fsp3) is 0.353. The van der Waals surface area contributed by atoms with Crippen LogP contribution in [0.3, 0.4) is 0 Å². The van der Waals surface area contributed by atoms with E-state index >= 15 is 0 Å². The highest BCUT2D eigenvalue weighted by Gasteiger charge is 2.32. The Bertz CT molecular complexity index is 694. The lowest BCUT2D eigenvalue weighted by Gasteiger charge is -2.30. The van der Waals surface area contributed by atoms with Gasteiger partial charge in [0.1, 0.15) is 0 Å². The zero-order valence-electron chi connectivity index (χ0n) is 12.4. The first-order chi connectivity index (χ1) is 10.9. The molecule has 0 atom stereocenters. The highest BCUT2D eigenvalue weighted by molar-refractivity contribution is 7.07. The quantitative estimate of drug-likeness (QED) is 0.795. The number of hydrogen-bond acceptors (Lipinski definition) is 2. The second-order valence-electron chi connectivity index (χ2n) is 5.62. The normalized spacial score (nSPS) is 14.7. The third kappa shape index (κ3) is 3.58. The average Bonchev–Trinajstić information content (AvgIpc) is 3.04. The molecule has 0 aliphatic carbocycles. The molecule has 1 aromatic heterocycles. The van der Waals surface area contributed by atoms with Crippen molar-refractivity contribution in [2.75, 3.05) is 11.4 Å². The minimum atomic E-state index is -4.35. The molecule has 0 spiro atoms. The SMILES string of the molecule is O=C(CCc1ccsc1)N1CCCc2cc(C(F)(F)F)ccc21. The Balaban J connectivity index is 1.77. The molecule has 1 aliphatic heterocycles. The summed E-state index contributed by atoms with van der Waals surface area (Å²) in [6.45, 7) is 0.570. The molecule has 0 saturated heterocycles. The first kappa shape index (κ1) is 16.1. The predicted molar refractivity (Wildman–Crippen MR) is 84.8 cm³/mol. The Morgan fingerprint density at radius 3 is 2.78 bits per heavy atom. The summed E-state index contributed by atoms with van der Waals surface area (Å²) in [5.41, 5.74) is 1.70. The van der Waals surface area contributed by atoms with Crippen LogP contribution in [0.4, 0.5) is 18.9 Å². The molecular weight excluding hydrogens is 323 g/mol. The number of benzene rings is 1. The van der Waals surface area contributed by atoms with Crippen molar-refractivity contribution in [3.05, 3.63) is 51.7 Å². The average molecular weight is 339 g/mol. The van der Waals surface area contributed by atoms with Gasteiger partial charge in [-0.15, -0.1) is 0 Å². The monoisotopic (exact) mass is 339 g/mol. The minimum absolute atomic E-state index is 0.0306. The summed E-state index contributed by atoms with van der Waals surface area (Å²) >= 11 is 1.59. The molecule has 2 nitrogen and oxygen atoms in total. The third-order valence-corrected chi connectivity index (χ3v) is 4.77. The summed E-state index contributed by atoms with van der Waals surface area (Å²) in [5, 5.41) is 3.97. The summed E-state index contributed by atoms with van der Waals surface area (Å²) in [5.74, 6) is -0.0306. The molecule has 3 rings (SSSR count). The van der Waals surface area contributed by atoms with Gasteiger partial charge in [-0.1, -0.05) is 0 Å². The number of nitrogens with zero attached hydrogens (tertiary/aromatic N) is 1. The van der Waals surface area contributed by atoms with E-state index in [0.29, 0.717) is 43.5 Å². The van der Waals surface area contributed by atoms with E-state index in [1.807, 2.05) is 16.8 Å². The second kappa shape index (κ2) is 6.35. The number of halogens is 3. The van der Waals surface area contributed by atoms with Crippen molar-refractivity contribution in [2.24, 2.45) is 0 Å². The van der Waals surface area contributed by atoms with Crippen LogP contribution in [0, 0.1) is 0 Å². The van der Waals surface area contributed by atoms with Gasteiger partial charge in [-0.3, -0.25) is 4.79 Å². The molecule has 6 heteroatoms. The number of aryl methyl sites for hydroxylation is 2.